The highest BCUT2D eigenvalue weighted by Crippen LogP contribution is 2.16. The summed E-state index contributed by atoms with van der Waals surface area (Å²) in [6.07, 6.45) is 2.49. The average molecular weight is 269 g/mol. The molecule has 0 unspecified atom stereocenters. The molecule has 0 radical (unpaired) electrons. The highest BCUT2D eigenvalue weighted by Gasteiger charge is 2.21. The van der Waals surface area contributed by atoms with Crippen molar-refractivity contribution in [2.75, 3.05) is 19.6 Å². The first-order chi connectivity index (χ1) is 8.66. The molecular formula is C14H19ClNO2+. The van der Waals surface area contributed by atoms with Crippen molar-refractivity contribution in [2.45, 2.75) is 25.9 Å². The number of likely N-dealkylation sites (tertiary alicyclic amines) is 1. The summed E-state index contributed by atoms with van der Waals surface area (Å²) in [5, 5.41) is 0.447. The van der Waals surface area contributed by atoms with Gasteiger partial charge in [0, 0.05) is 12.8 Å². The molecule has 1 aliphatic heterocycles. The molecule has 1 N–H and O–H groups in total. The lowest BCUT2D eigenvalue weighted by Crippen LogP contribution is -3.11. The van der Waals surface area contributed by atoms with Gasteiger partial charge in [0.05, 0.1) is 23.7 Å². The van der Waals surface area contributed by atoms with Crippen LogP contribution in [0.25, 0.3) is 0 Å². The molecular weight excluding hydrogens is 250 g/mol. The van der Waals surface area contributed by atoms with E-state index in [-0.39, 0.29) is 12.1 Å². The summed E-state index contributed by atoms with van der Waals surface area (Å²) in [4.78, 5) is 13.5. The van der Waals surface area contributed by atoms with Crippen LogP contribution in [0.4, 0.5) is 0 Å². The SMILES string of the molecule is C[C@@H](C[NH+]1CCCC1)OC(=O)c1ccccc1Cl. The summed E-state index contributed by atoms with van der Waals surface area (Å²) < 4.78 is 5.43. The smallest absolute Gasteiger partial charge is 0.340 e. The molecule has 1 atom stereocenters. The predicted molar refractivity (Wildman–Crippen MR) is 71.1 cm³/mol. The van der Waals surface area contributed by atoms with Gasteiger partial charge in [0.25, 0.3) is 0 Å². The minimum atomic E-state index is -0.327. The van der Waals surface area contributed by atoms with E-state index in [1.165, 1.54) is 30.8 Å². The van der Waals surface area contributed by atoms with E-state index in [1.54, 1.807) is 24.3 Å². The van der Waals surface area contributed by atoms with Crippen molar-refractivity contribution in [1.29, 1.82) is 0 Å². The Balaban J connectivity index is 1.88. The first-order valence-electron chi connectivity index (χ1n) is 6.46. The molecule has 0 saturated carbocycles. The van der Waals surface area contributed by atoms with Crippen LogP contribution >= 0.6 is 11.6 Å². The number of ether oxygens (including phenoxy) is 1. The van der Waals surface area contributed by atoms with Gasteiger partial charge in [0.1, 0.15) is 12.6 Å². The predicted octanol–water partition coefficient (Wildman–Crippen LogP) is 1.56. The van der Waals surface area contributed by atoms with Gasteiger partial charge in [-0.25, -0.2) is 4.79 Å². The molecule has 1 aromatic carbocycles. The first kappa shape index (κ1) is 13.4. The quantitative estimate of drug-likeness (QED) is 0.841. The number of quaternary nitrogens is 1. The molecule has 0 amide bonds. The Kier molecular flexibility index (Phi) is 4.61. The van der Waals surface area contributed by atoms with E-state index in [4.69, 9.17) is 16.3 Å². The van der Waals surface area contributed by atoms with E-state index in [0.717, 1.165) is 6.54 Å². The van der Waals surface area contributed by atoms with Crippen LogP contribution < -0.4 is 4.90 Å². The average Bonchev–Trinajstić information content (AvgIpc) is 2.82. The van der Waals surface area contributed by atoms with Crippen LogP contribution in [0.15, 0.2) is 24.3 Å². The normalized spacial score (nSPS) is 17.7. The zero-order chi connectivity index (χ0) is 13.0. The molecule has 18 heavy (non-hydrogen) atoms. The standard InChI is InChI=1S/C14H18ClNO2/c1-11(10-16-8-4-5-9-16)18-14(17)12-6-2-3-7-13(12)15/h2-3,6-7,11H,4-5,8-10H2,1H3/p+1/t11-/m0/s1. The zero-order valence-corrected chi connectivity index (χ0v) is 11.4. The lowest BCUT2D eigenvalue weighted by Gasteiger charge is -2.18. The lowest BCUT2D eigenvalue weighted by atomic mass is 10.2. The number of nitrogens with one attached hydrogen (secondary N) is 1. The van der Waals surface area contributed by atoms with Crippen LogP contribution in [-0.4, -0.2) is 31.7 Å². The first-order valence-corrected chi connectivity index (χ1v) is 6.83. The third-order valence-electron chi connectivity index (χ3n) is 3.29. The molecule has 1 fully saturated rings. The molecule has 0 bridgehead atoms. The number of carbonyl (C=O) groups excluding carboxylic acids is 1. The topological polar surface area (TPSA) is 30.7 Å². The number of esters is 1. The third-order valence-corrected chi connectivity index (χ3v) is 3.62. The van der Waals surface area contributed by atoms with E-state index in [2.05, 4.69) is 0 Å². The highest BCUT2D eigenvalue weighted by atomic mass is 35.5. The van der Waals surface area contributed by atoms with Crippen molar-refractivity contribution < 1.29 is 14.4 Å². The van der Waals surface area contributed by atoms with Crippen LogP contribution in [0.1, 0.15) is 30.1 Å². The van der Waals surface area contributed by atoms with Crippen LogP contribution in [0, 0.1) is 0 Å². The second-order valence-electron chi connectivity index (χ2n) is 4.86. The fraction of sp³-hybridized carbons (Fsp3) is 0.500. The maximum Gasteiger partial charge on any atom is 0.340 e. The summed E-state index contributed by atoms with van der Waals surface area (Å²) in [6.45, 7) is 5.21. The van der Waals surface area contributed by atoms with Gasteiger partial charge in [-0.05, 0) is 19.1 Å². The van der Waals surface area contributed by atoms with Gasteiger partial charge < -0.3 is 9.64 Å². The van der Waals surface area contributed by atoms with Gasteiger partial charge in [-0.3, -0.25) is 0 Å². The van der Waals surface area contributed by atoms with Crippen LogP contribution in [-0.2, 0) is 4.74 Å². The van der Waals surface area contributed by atoms with Crippen LogP contribution in [0.3, 0.4) is 0 Å². The van der Waals surface area contributed by atoms with Crippen molar-refractivity contribution >= 4 is 17.6 Å². The Morgan fingerprint density at radius 2 is 2.06 bits per heavy atom. The van der Waals surface area contributed by atoms with Gasteiger partial charge >= 0.3 is 5.97 Å². The van der Waals surface area contributed by atoms with Gasteiger partial charge in [0.2, 0.25) is 0 Å². The molecule has 1 aliphatic rings. The Bertz CT molecular complexity index is 416. The molecule has 1 saturated heterocycles. The Hall–Kier alpha value is -1.06. The van der Waals surface area contributed by atoms with E-state index >= 15 is 0 Å². The van der Waals surface area contributed by atoms with E-state index in [9.17, 15) is 4.79 Å². The zero-order valence-electron chi connectivity index (χ0n) is 10.6. The molecule has 2 rings (SSSR count). The van der Waals surface area contributed by atoms with E-state index < -0.39 is 0 Å². The molecule has 0 aromatic heterocycles. The summed E-state index contributed by atoms with van der Waals surface area (Å²) in [5.41, 5.74) is 0.447. The Morgan fingerprint density at radius 3 is 2.72 bits per heavy atom. The number of benzene rings is 1. The van der Waals surface area contributed by atoms with Crippen LogP contribution in [0.5, 0.6) is 0 Å². The number of hydrogen-bond acceptors (Lipinski definition) is 2. The minimum absolute atomic E-state index is 0.0677. The second-order valence-corrected chi connectivity index (χ2v) is 5.26. The van der Waals surface area contributed by atoms with E-state index in [0.29, 0.717) is 10.6 Å². The number of carbonyl (C=O) groups is 1. The summed E-state index contributed by atoms with van der Waals surface area (Å²) in [6, 6.07) is 6.99. The summed E-state index contributed by atoms with van der Waals surface area (Å²) in [5.74, 6) is -0.327. The van der Waals surface area contributed by atoms with E-state index in [1.807, 2.05) is 6.92 Å². The largest absolute Gasteiger partial charge is 0.453 e. The summed E-state index contributed by atoms with van der Waals surface area (Å²) in [7, 11) is 0. The van der Waals surface area contributed by atoms with Crippen molar-refractivity contribution in [3.63, 3.8) is 0 Å². The maximum absolute atomic E-state index is 11.9. The van der Waals surface area contributed by atoms with Crippen LogP contribution in [0.2, 0.25) is 5.02 Å². The molecule has 1 heterocycles. The van der Waals surface area contributed by atoms with Crippen molar-refractivity contribution in [3.05, 3.63) is 34.9 Å². The van der Waals surface area contributed by atoms with Crippen molar-refractivity contribution in [3.8, 4) is 0 Å². The number of hydrogen-bond donors (Lipinski definition) is 1. The Morgan fingerprint density at radius 1 is 1.39 bits per heavy atom. The molecule has 0 aliphatic carbocycles. The molecule has 1 aromatic rings. The molecule has 4 heteroatoms. The molecule has 0 spiro atoms. The third kappa shape index (κ3) is 3.47. The Labute approximate surface area is 113 Å². The van der Waals surface area contributed by atoms with Gasteiger partial charge in [-0.15, -0.1) is 0 Å². The summed E-state index contributed by atoms with van der Waals surface area (Å²) >= 11 is 5.97. The monoisotopic (exact) mass is 268 g/mol. The van der Waals surface area contributed by atoms with Gasteiger partial charge in [-0.2, -0.15) is 0 Å². The van der Waals surface area contributed by atoms with Gasteiger partial charge in [-0.1, -0.05) is 23.7 Å². The lowest BCUT2D eigenvalue weighted by molar-refractivity contribution is -0.890. The van der Waals surface area contributed by atoms with Gasteiger partial charge in [0.15, 0.2) is 0 Å². The van der Waals surface area contributed by atoms with Crippen molar-refractivity contribution in [1.82, 2.24) is 0 Å². The number of rotatable bonds is 4. The fourth-order valence-corrected chi connectivity index (χ4v) is 2.61. The number of halogens is 1. The fourth-order valence-electron chi connectivity index (χ4n) is 2.40. The highest BCUT2D eigenvalue weighted by molar-refractivity contribution is 6.33. The molecule has 98 valence electrons. The van der Waals surface area contributed by atoms with Crippen molar-refractivity contribution in [2.24, 2.45) is 0 Å². The minimum Gasteiger partial charge on any atom is -0.453 e. The second kappa shape index (κ2) is 6.21. The molecule has 3 nitrogen and oxygen atoms in total. The maximum atomic E-state index is 11.9.